The van der Waals surface area contributed by atoms with Gasteiger partial charge in [0.1, 0.15) is 0 Å². The molecule has 0 aromatic heterocycles. The van der Waals surface area contributed by atoms with E-state index < -0.39 is 0 Å². The molecule has 0 N–H and O–H groups in total. The standard InChI is InChI=1S/C19H39O/c1-19(2,3)17-15-13-11-9-7-5-4-6-8-10-12-14-16-18-20/h4-18H2,1-3H3. The second-order valence-electron chi connectivity index (χ2n) is 7.61. The first-order valence-electron chi connectivity index (χ1n) is 9.14. The summed E-state index contributed by atoms with van der Waals surface area (Å²) in [6, 6.07) is 0. The molecule has 0 saturated heterocycles. The zero-order valence-electron chi connectivity index (χ0n) is 14.5. The van der Waals surface area contributed by atoms with E-state index >= 15 is 0 Å². The summed E-state index contributed by atoms with van der Waals surface area (Å²) < 4.78 is 0. The molecule has 1 heteroatoms. The van der Waals surface area contributed by atoms with Crippen molar-refractivity contribution in [3.8, 4) is 0 Å². The van der Waals surface area contributed by atoms with Gasteiger partial charge in [-0.1, -0.05) is 97.8 Å². The molecule has 0 atom stereocenters. The fraction of sp³-hybridized carbons (Fsp3) is 1.00. The quantitative estimate of drug-likeness (QED) is 0.308. The van der Waals surface area contributed by atoms with E-state index in [-0.39, 0.29) is 6.61 Å². The minimum atomic E-state index is 0.121. The van der Waals surface area contributed by atoms with Crippen LogP contribution in [0, 0.1) is 5.41 Å². The highest BCUT2D eigenvalue weighted by Crippen LogP contribution is 2.22. The molecule has 0 bridgehead atoms. The highest BCUT2D eigenvalue weighted by Gasteiger charge is 2.08. The van der Waals surface area contributed by atoms with Gasteiger partial charge in [-0.2, -0.15) is 0 Å². The lowest BCUT2D eigenvalue weighted by molar-refractivity contribution is 0.186. The maximum Gasteiger partial charge on any atom is 0.0822 e. The van der Waals surface area contributed by atoms with Crippen LogP contribution in [0.25, 0.3) is 0 Å². The van der Waals surface area contributed by atoms with Crippen LogP contribution < -0.4 is 0 Å². The van der Waals surface area contributed by atoms with Gasteiger partial charge < -0.3 is 0 Å². The van der Waals surface area contributed by atoms with E-state index in [1.54, 1.807) is 0 Å². The lowest BCUT2D eigenvalue weighted by Gasteiger charge is -2.17. The van der Waals surface area contributed by atoms with Gasteiger partial charge in [0, 0.05) is 0 Å². The summed E-state index contributed by atoms with van der Waals surface area (Å²) >= 11 is 0. The lowest BCUT2D eigenvalue weighted by atomic mass is 9.89. The van der Waals surface area contributed by atoms with Crippen molar-refractivity contribution in [2.24, 2.45) is 5.41 Å². The zero-order valence-corrected chi connectivity index (χ0v) is 14.5. The molecule has 0 amide bonds. The van der Waals surface area contributed by atoms with Crippen molar-refractivity contribution in [3.63, 3.8) is 0 Å². The van der Waals surface area contributed by atoms with E-state index in [2.05, 4.69) is 20.8 Å². The third-order valence-electron chi connectivity index (χ3n) is 4.07. The minimum absolute atomic E-state index is 0.121. The predicted molar refractivity (Wildman–Crippen MR) is 89.6 cm³/mol. The van der Waals surface area contributed by atoms with Crippen molar-refractivity contribution in [3.05, 3.63) is 0 Å². The monoisotopic (exact) mass is 283 g/mol. The predicted octanol–water partition coefficient (Wildman–Crippen LogP) is 6.92. The molecule has 121 valence electrons. The van der Waals surface area contributed by atoms with Crippen molar-refractivity contribution in [2.45, 2.75) is 111 Å². The molecular formula is C19H39O. The van der Waals surface area contributed by atoms with Gasteiger partial charge in [-0.15, -0.1) is 0 Å². The maximum atomic E-state index is 10.3. The van der Waals surface area contributed by atoms with Crippen LogP contribution in [-0.2, 0) is 5.11 Å². The first kappa shape index (κ1) is 20.0. The Morgan fingerprint density at radius 3 is 1.10 bits per heavy atom. The molecule has 1 nitrogen and oxygen atoms in total. The molecule has 0 fully saturated rings. The molecule has 0 aromatic rings. The van der Waals surface area contributed by atoms with Crippen molar-refractivity contribution < 1.29 is 5.11 Å². The van der Waals surface area contributed by atoms with E-state index in [9.17, 15) is 5.11 Å². The summed E-state index contributed by atoms with van der Waals surface area (Å²) in [5.41, 5.74) is 0.522. The zero-order chi connectivity index (χ0) is 15.1. The van der Waals surface area contributed by atoms with Crippen LogP contribution in [0.15, 0.2) is 0 Å². The molecule has 0 heterocycles. The first-order chi connectivity index (χ1) is 9.56. The molecule has 0 spiro atoms. The van der Waals surface area contributed by atoms with Gasteiger partial charge in [0.05, 0.1) is 6.61 Å². The smallest absolute Gasteiger partial charge is 0.0822 e. The molecule has 1 radical (unpaired) electrons. The van der Waals surface area contributed by atoms with Crippen LogP contribution in [0.1, 0.15) is 111 Å². The summed E-state index contributed by atoms with van der Waals surface area (Å²) in [5.74, 6) is 0. The third kappa shape index (κ3) is 18.0. The third-order valence-corrected chi connectivity index (χ3v) is 4.07. The molecule has 0 unspecified atom stereocenters. The first-order valence-corrected chi connectivity index (χ1v) is 9.14. The molecule has 0 saturated carbocycles. The molecule has 0 aliphatic rings. The van der Waals surface area contributed by atoms with E-state index in [0.29, 0.717) is 5.41 Å². The minimum Gasteiger partial charge on any atom is -0.237 e. The molecule has 0 aliphatic heterocycles. The van der Waals surface area contributed by atoms with Gasteiger partial charge in [-0.3, -0.25) is 0 Å². The lowest BCUT2D eigenvalue weighted by Crippen LogP contribution is -2.03. The Kier molecular flexibility index (Phi) is 13.9. The van der Waals surface area contributed by atoms with Crippen LogP contribution in [0.5, 0.6) is 0 Å². The topological polar surface area (TPSA) is 19.9 Å². The van der Waals surface area contributed by atoms with Gasteiger partial charge in [0.15, 0.2) is 0 Å². The van der Waals surface area contributed by atoms with Gasteiger partial charge in [-0.05, 0) is 18.3 Å². The average Bonchev–Trinajstić information content (AvgIpc) is 2.38. The fourth-order valence-corrected chi connectivity index (χ4v) is 2.70. The Bertz CT molecular complexity index is 181. The second-order valence-corrected chi connectivity index (χ2v) is 7.61. The van der Waals surface area contributed by atoms with Gasteiger partial charge in [0.2, 0.25) is 0 Å². The number of rotatable bonds is 14. The summed E-state index contributed by atoms with van der Waals surface area (Å²) in [7, 11) is 0. The van der Waals surface area contributed by atoms with Crippen LogP contribution >= 0.6 is 0 Å². The maximum absolute atomic E-state index is 10.3. The number of unbranched alkanes of at least 4 members (excludes halogenated alkanes) is 12. The largest absolute Gasteiger partial charge is 0.237 e. The Balaban J connectivity index is 2.99. The fourth-order valence-electron chi connectivity index (χ4n) is 2.70. The molecule has 0 rings (SSSR count). The molecule has 20 heavy (non-hydrogen) atoms. The van der Waals surface area contributed by atoms with Gasteiger partial charge in [-0.25, -0.2) is 5.11 Å². The van der Waals surface area contributed by atoms with Crippen molar-refractivity contribution in [2.75, 3.05) is 6.61 Å². The Morgan fingerprint density at radius 1 is 0.500 bits per heavy atom. The van der Waals surface area contributed by atoms with Gasteiger partial charge in [0.25, 0.3) is 0 Å². The van der Waals surface area contributed by atoms with Crippen LogP contribution in [-0.4, -0.2) is 6.61 Å². The Morgan fingerprint density at radius 2 is 0.800 bits per heavy atom. The van der Waals surface area contributed by atoms with Crippen molar-refractivity contribution in [1.29, 1.82) is 0 Å². The van der Waals surface area contributed by atoms with E-state index in [1.165, 1.54) is 77.0 Å². The summed E-state index contributed by atoms with van der Waals surface area (Å²) in [6.07, 6.45) is 18.8. The number of hydrogen-bond acceptors (Lipinski definition) is 0. The SMILES string of the molecule is CC(C)(C)CCCCCCCCCCCCCCC[O]. The molecular weight excluding hydrogens is 244 g/mol. The van der Waals surface area contributed by atoms with E-state index in [4.69, 9.17) is 0 Å². The highest BCUT2D eigenvalue weighted by molar-refractivity contribution is 4.61. The van der Waals surface area contributed by atoms with Crippen LogP contribution in [0.4, 0.5) is 0 Å². The van der Waals surface area contributed by atoms with Crippen molar-refractivity contribution >= 4 is 0 Å². The van der Waals surface area contributed by atoms with E-state index in [0.717, 1.165) is 12.8 Å². The van der Waals surface area contributed by atoms with Crippen molar-refractivity contribution in [1.82, 2.24) is 0 Å². The average molecular weight is 284 g/mol. The van der Waals surface area contributed by atoms with E-state index in [1.807, 2.05) is 0 Å². The summed E-state index contributed by atoms with van der Waals surface area (Å²) in [6.45, 7) is 7.14. The second kappa shape index (κ2) is 13.9. The summed E-state index contributed by atoms with van der Waals surface area (Å²) in [4.78, 5) is 0. The normalized spacial score (nSPS) is 12.0. The van der Waals surface area contributed by atoms with Crippen LogP contribution in [0.2, 0.25) is 0 Å². The summed E-state index contributed by atoms with van der Waals surface area (Å²) in [5, 5.41) is 10.3. The van der Waals surface area contributed by atoms with Crippen LogP contribution in [0.3, 0.4) is 0 Å². The molecule has 0 aliphatic carbocycles. The molecule has 0 aromatic carbocycles. The highest BCUT2D eigenvalue weighted by atomic mass is 16.2. The number of hydrogen-bond donors (Lipinski definition) is 0. The Hall–Kier alpha value is -0.0400. The van der Waals surface area contributed by atoms with Gasteiger partial charge >= 0.3 is 0 Å². The Labute approximate surface area is 128 Å².